The summed E-state index contributed by atoms with van der Waals surface area (Å²) in [5.74, 6) is 0.184. The summed E-state index contributed by atoms with van der Waals surface area (Å²) in [4.78, 5) is 17.6. The van der Waals surface area contributed by atoms with Crippen molar-refractivity contribution < 1.29 is 17.9 Å². The fraction of sp³-hybridized carbons (Fsp3) is 0.667. The topological polar surface area (TPSA) is 93.9 Å². The van der Waals surface area contributed by atoms with Crippen molar-refractivity contribution in [3.05, 3.63) is 29.8 Å². The Morgan fingerprint density at radius 2 is 1.73 bits per heavy atom. The first-order valence-corrected chi connectivity index (χ1v) is 13.3. The van der Waals surface area contributed by atoms with Crippen molar-refractivity contribution in [1.82, 2.24) is 14.1 Å². The number of piperazine rings is 1. The minimum Gasteiger partial charge on any atom is -0.383 e. The molecule has 1 saturated carbocycles. The molecule has 1 aliphatic heterocycles. The van der Waals surface area contributed by atoms with Gasteiger partial charge in [-0.2, -0.15) is 9.57 Å². The van der Waals surface area contributed by atoms with Gasteiger partial charge in [-0.1, -0.05) is 0 Å². The maximum Gasteiger partial charge on any atom is 0.243 e. The first kappa shape index (κ1) is 25.6. The second kappa shape index (κ2) is 11.4. The molecule has 0 spiro atoms. The van der Waals surface area contributed by atoms with Gasteiger partial charge in [0.2, 0.25) is 15.9 Å². The van der Waals surface area contributed by atoms with Crippen molar-refractivity contribution in [2.45, 2.75) is 56.5 Å². The average Bonchev–Trinajstić information content (AvgIpc) is 2.84. The minimum absolute atomic E-state index is 0.0336. The van der Waals surface area contributed by atoms with E-state index in [9.17, 15) is 13.2 Å². The van der Waals surface area contributed by atoms with Gasteiger partial charge in [-0.25, -0.2) is 8.42 Å². The highest BCUT2D eigenvalue weighted by Gasteiger charge is 2.37. The lowest BCUT2D eigenvalue weighted by Gasteiger charge is -2.40. The van der Waals surface area contributed by atoms with Gasteiger partial charge in [0.25, 0.3) is 0 Å². The standard InChI is InChI=1S/C24H36N4O4S/c1-19(2)26-12-14-27(15-13-26)24(29)21-6-8-22(9-7-21)28(16-17-32-3)33(30,31)23-10-4-20(18-25)5-11-23/h4-5,10-11,19,21-22H,6-9,12-17H2,1-3H3/t21-,22-. The number of nitriles is 1. The molecule has 9 heteroatoms. The molecule has 1 saturated heterocycles. The second-order valence-electron chi connectivity index (χ2n) is 9.21. The summed E-state index contributed by atoms with van der Waals surface area (Å²) in [6.07, 6.45) is 2.70. The van der Waals surface area contributed by atoms with Crippen LogP contribution in [0.3, 0.4) is 0 Å². The zero-order valence-electron chi connectivity index (χ0n) is 19.9. The molecule has 2 aliphatic rings. The lowest BCUT2D eigenvalue weighted by atomic mass is 9.85. The zero-order valence-corrected chi connectivity index (χ0v) is 20.8. The van der Waals surface area contributed by atoms with Crippen LogP contribution in [0.15, 0.2) is 29.2 Å². The highest BCUT2D eigenvalue weighted by Crippen LogP contribution is 2.32. The smallest absolute Gasteiger partial charge is 0.243 e. The normalized spacial score (nSPS) is 22.5. The molecule has 1 aliphatic carbocycles. The molecule has 0 aromatic heterocycles. The largest absolute Gasteiger partial charge is 0.383 e. The van der Waals surface area contributed by atoms with Crippen LogP contribution in [-0.4, -0.2) is 87.0 Å². The SMILES string of the molecule is COCCN([C@H]1CC[C@H](C(=O)N2CCN(C(C)C)CC2)CC1)S(=O)(=O)c1ccc(C#N)cc1. The maximum atomic E-state index is 13.4. The summed E-state index contributed by atoms with van der Waals surface area (Å²) in [6.45, 7) is 8.28. The molecule has 0 unspecified atom stereocenters. The predicted molar refractivity (Wildman–Crippen MR) is 126 cm³/mol. The Morgan fingerprint density at radius 3 is 2.24 bits per heavy atom. The van der Waals surface area contributed by atoms with Crippen LogP contribution >= 0.6 is 0 Å². The molecule has 1 aromatic rings. The highest BCUT2D eigenvalue weighted by atomic mass is 32.2. The molecule has 8 nitrogen and oxygen atoms in total. The molecule has 0 N–H and O–H groups in total. The number of methoxy groups -OCH3 is 1. The molecule has 182 valence electrons. The van der Waals surface area contributed by atoms with E-state index in [-0.39, 0.29) is 29.3 Å². The number of sulfonamides is 1. The van der Waals surface area contributed by atoms with Crippen LogP contribution < -0.4 is 0 Å². The van der Waals surface area contributed by atoms with Crippen LogP contribution in [0.5, 0.6) is 0 Å². The van der Waals surface area contributed by atoms with Gasteiger partial charge < -0.3 is 9.64 Å². The predicted octanol–water partition coefficient (Wildman–Crippen LogP) is 2.31. The number of hydrogen-bond donors (Lipinski definition) is 0. The van der Waals surface area contributed by atoms with Crippen molar-refractivity contribution in [3.63, 3.8) is 0 Å². The highest BCUT2D eigenvalue weighted by molar-refractivity contribution is 7.89. The Kier molecular flexibility index (Phi) is 8.88. The van der Waals surface area contributed by atoms with E-state index in [0.717, 1.165) is 26.2 Å². The van der Waals surface area contributed by atoms with Crippen LogP contribution in [-0.2, 0) is 19.6 Å². The first-order valence-electron chi connectivity index (χ1n) is 11.8. The molecule has 1 amide bonds. The Balaban J connectivity index is 1.64. The van der Waals surface area contributed by atoms with Crippen molar-refractivity contribution in [1.29, 1.82) is 5.26 Å². The van der Waals surface area contributed by atoms with Crippen molar-refractivity contribution >= 4 is 15.9 Å². The zero-order chi connectivity index (χ0) is 24.0. The Bertz CT molecular complexity index is 926. The average molecular weight is 477 g/mol. The summed E-state index contributed by atoms with van der Waals surface area (Å²) >= 11 is 0. The van der Waals surface area contributed by atoms with Crippen LogP contribution in [0.2, 0.25) is 0 Å². The molecule has 0 radical (unpaired) electrons. The van der Waals surface area contributed by atoms with E-state index in [0.29, 0.717) is 43.9 Å². The third-order valence-electron chi connectivity index (χ3n) is 6.92. The van der Waals surface area contributed by atoms with Gasteiger partial charge in [0, 0.05) is 57.8 Å². The molecular formula is C24H36N4O4S. The van der Waals surface area contributed by atoms with Crippen LogP contribution in [0.25, 0.3) is 0 Å². The third-order valence-corrected chi connectivity index (χ3v) is 8.88. The van der Waals surface area contributed by atoms with Gasteiger partial charge in [-0.15, -0.1) is 0 Å². The summed E-state index contributed by atoms with van der Waals surface area (Å²) in [5, 5.41) is 9.00. The van der Waals surface area contributed by atoms with E-state index in [2.05, 4.69) is 18.7 Å². The van der Waals surface area contributed by atoms with Gasteiger partial charge in [-0.05, 0) is 63.8 Å². The minimum atomic E-state index is -3.73. The fourth-order valence-corrected chi connectivity index (χ4v) is 6.51. The molecule has 0 atom stereocenters. The van der Waals surface area contributed by atoms with Crippen molar-refractivity contribution in [2.75, 3.05) is 46.4 Å². The monoisotopic (exact) mass is 476 g/mol. The molecular weight excluding hydrogens is 440 g/mol. The van der Waals surface area contributed by atoms with Gasteiger partial charge in [-0.3, -0.25) is 9.69 Å². The summed E-state index contributed by atoms with van der Waals surface area (Å²) < 4.78 is 33.5. The molecule has 1 heterocycles. The summed E-state index contributed by atoms with van der Waals surface area (Å²) in [7, 11) is -2.17. The van der Waals surface area contributed by atoms with Gasteiger partial charge in [0.15, 0.2) is 0 Å². The van der Waals surface area contributed by atoms with Crippen molar-refractivity contribution in [3.8, 4) is 6.07 Å². The van der Waals surface area contributed by atoms with E-state index in [1.807, 2.05) is 11.0 Å². The Morgan fingerprint density at radius 1 is 1.12 bits per heavy atom. The maximum absolute atomic E-state index is 13.4. The molecule has 2 fully saturated rings. The molecule has 1 aromatic carbocycles. The van der Waals surface area contributed by atoms with Crippen LogP contribution in [0.1, 0.15) is 45.1 Å². The number of benzene rings is 1. The van der Waals surface area contributed by atoms with E-state index in [4.69, 9.17) is 10.00 Å². The van der Waals surface area contributed by atoms with Crippen molar-refractivity contribution in [2.24, 2.45) is 5.92 Å². The number of carbonyl (C=O) groups is 1. The van der Waals surface area contributed by atoms with Gasteiger partial charge in [0.1, 0.15) is 0 Å². The van der Waals surface area contributed by atoms with Crippen LogP contribution in [0.4, 0.5) is 0 Å². The first-order chi connectivity index (χ1) is 15.8. The molecule has 3 rings (SSSR count). The Hall–Kier alpha value is -1.99. The number of hydrogen-bond acceptors (Lipinski definition) is 6. The van der Waals surface area contributed by atoms with E-state index >= 15 is 0 Å². The van der Waals surface area contributed by atoms with Crippen LogP contribution in [0, 0.1) is 17.2 Å². The molecule has 0 bridgehead atoms. The lowest BCUT2D eigenvalue weighted by molar-refractivity contribution is -0.138. The second-order valence-corrected chi connectivity index (χ2v) is 11.1. The molecule has 33 heavy (non-hydrogen) atoms. The Labute approximate surface area is 198 Å². The lowest BCUT2D eigenvalue weighted by Crippen LogP contribution is -2.52. The third kappa shape index (κ3) is 6.12. The number of amides is 1. The number of ether oxygens (including phenoxy) is 1. The summed E-state index contributed by atoms with van der Waals surface area (Å²) in [6, 6.07) is 8.36. The van der Waals surface area contributed by atoms with Gasteiger partial charge in [0.05, 0.1) is 23.1 Å². The van der Waals surface area contributed by atoms with E-state index < -0.39 is 10.0 Å². The quantitative estimate of drug-likeness (QED) is 0.572. The van der Waals surface area contributed by atoms with Gasteiger partial charge >= 0.3 is 0 Å². The van der Waals surface area contributed by atoms with E-state index in [1.165, 1.54) is 28.6 Å². The number of nitrogens with zero attached hydrogens (tertiary/aromatic N) is 4. The number of rotatable bonds is 8. The fourth-order valence-electron chi connectivity index (χ4n) is 4.84. The van der Waals surface area contributed by atoms with E-state index in [1.54, 1.807) is 7.11 Å². The number of carbonyl (C=O) groups excluding carboxylic acids is 1. The summed E-state index contributed by atoms with van der Waals surface area (Å²) in [5.41, 5.74) is 0.422.